The van der Waals surface area contributed by atoms with E-state index in [-0.39, 0.29) is 0 Å². The van der Waals surface area contributed by atoms with Crippen molar-refractivity contribution in [2.45, 2.75) is 18.3 Å². The Labute approximate surface area is 82.4 Å². The van der Waals surface area contributed by atoms with E-state index in [0.29, 0.717) is 13.0 Å². The van der Waals surface area contributed by atoms with Crippen LogP contribution in [0, 0.1) is 0 Å². The minimum atomic E-state index is -3.50. The Kier molecular flexibility index (Phi) is 2.26. The van der Waals surface area contributed by atoms with Crippen LogP contribution in [0.2, 0.25) is 0 Å². The fourth-order valence-electron chi connectivity index (χ4n) is 1.54. The molecule has 0 fully saturated rings. The third-order valence-corrected chi connectivity index (χ3v) is 3.45. The normalized spacial score (nSPS) is 21.6. The standard InChI is InChI=1S/C8H11N3O2S/c9-14(12,13)8-3-6-1-2-10-4-7(6)5-11-8/h1-2,4,8,11H,3,5H2,(H2,9,12,13). The molecular weight excluding hydrogens is 202 g/mol. The molecule has 1 aliphatic heterocycles. The van der Waals surface area contributed by atoms with E-state index in [1.54, 1.807) is 12.4 Å². The molecule has 1 aliphatic rings. The van der Waals surface area contributed by atoms with Crippen molar-refractivity contribution in [3.8, 4) is 0 Å². The lowest BCUT2D eigenvalue weighted by Crippen LogP contribution is -2.44. The third-order valence-electron chi connectivity index (χ3n) is 2.33. The Hall–Kier alpha value is -0.980. The van der Waals surface area contributed by atoms with Gasteiger partial charge in [-0.25, -0.2) is 13.6 Å². The SMILES string of the molecule is NS(=O)(=O)C1Cc2ccncc2CN1. The second-order valence-corrected chi connectivity index (χ2v) is 5.05. The Morgan fingerprint density at radius 2 is 2.29 bits per heavy atom. The van der Waals surface area contributed by atoms with Crippen molar-refractivity contribution in [1.29, 1.82) is 0 Å². The number of sulfonamides is 1. The van der Waals surface area contributed by atoms with Crippen LogP contribution in [0.25, 0.3) is 0 Å². The smallest absolute Gasteiger partial charge is 0.225 e. The zero-order chi connectivity index (χ0) is 10.2. The third kappa shape index (κ3) is 1.77. The summed E-state index contributed by atoms with van der Waals surface area (Å²) in [4.78, 5) is 3.96. The van der Waals surface area contributed by atoms with Gasteiger partial charge in [-0.05, 0) is 17.2 Å². The summed E-state index contributed by atoms with van der Waals surface area (Å²) in [5.41, 5.74) is 2.03. The number of pyridine rings is 1. The van der Waals surface area contributed by atoms with E-state index in [1.165, 1.54) is 0 Å². The van der Waals surface area contributed by atoms with Crippen LogP contribution in [0.15, 0.2) is 18.5 Å². The molecule has 0 aliphatic carbocycles. The highest BCUT2D eigenvalue weighted by molar-refractivity contribution is 7.89. The van der Waals surface area contributed by atoms with Crippen molar-refractivity contribution in [1.82, 2.24) is 10.3 Å². The molecule has 0 saturated heterocycles. The maximum atomic E-state index is 11.1. The van der Waals surface area contributed by atoms with E-state index in [9.17, 15) is 8.42 Å². The number of rotatable bonds is 1. The van der Waals surface area contributed by atoms with Crippen LogP contribution in [0.1, 0.15) is 11.1 Å². The van der Waals surface area contributed by atoms with Crippen LogP contribution in [-0.2, 0) is 23.0 Å². The van der Waals surface area contributed by atoms with E-state index in [0.717, 1.165) is 11.1 Å². The monoisotopic (exact) mass is 213 g/mol. The molecule has 1 aromatic rings. The molecular formula is C8H11N3O2S. The second-order valence-electron chi connectivity index (χ2n) is 3.31. The molecule has 14 heavy (non-hydrogen) atoms. The van der Waals surface area contributed by atoms with Gasteiger partial charge in [0.25, 0.3) is 0 Å². The molecule has 2 heterocycles. The van der Waals surface area contributed by atoms with E-state index < -0.39 is 15.4 Å². The molecule has 1 aromatic heterocycles. The maximum absolute atomic E-state index is 11.1. The van der Waals surface area contributed by atoms with Crippen molar-refractivity contribution in [3.63, 3.8) is 0 Å². The molecule has 3 N–H and O–H groups in total. The summed E-state index contributed by atoms with van der Waals surface area (Å²) in [6, 6.07) is 1.83. The molecule has 5 nitrogen and oxygen atoms in total. The Bertz CT molecular complexity index is 444. The number of hydrogen-bond donors (Lipinski definition) is 2. The number of fused-ring (bicyclic) bond motifs is 1. The molecule has 0 bridgehead atoms. The predicted octanol–water partition coefficient (Wildman–Crippen LogP) is -0.658. The summed E-state index contributed by atoms with van der Waals surface area (Å²) in [6.45, 7) is 0.504. The zero-order valence-corrected chi connectivity index (χ0v) is 8.29. The molecule has 2 rings (SSSR count). The van der Waals surface area contributed by atoms with Crippen molar-refractivity contribution >= 4 is 10.0 Å². The van der Waals surface area contributed by atoms with Gasteiger partial charge < -0.3 is 0 Å². The van der Waals surface area contributed by atoms with Gasteiger partial charge in [0.1, 0.15) is 5.37 Å². The van der Waals surface area contributed by atoms with Crippen LogP contribution in [0.3, 0.4) is 0 Å². The van der Waals surface area contributed by atoms with Crippen molar-refractivity contribution in [2.24, 2.45) is 5.14 Å². The van der Waals surface area contributed by atoms with E-state index in [4.69, 9.17) is 5.14 Å². The van der Waals surface area contributed by atoms with Crippen molar-refractivity contribution in [3.05, 3.63) is 29.6 Å². The first-order chi connectivity index (χ1) is 6.57. The fourth-order valence-corrected chi connectivity index (χ4v) is 2.27. The number of aromatic nitrogens is 1. The molecule has 0 saturated carbocycles. The van der Waals surface area contributed by atoms with E-state index >= 15 is 0 Å². The van der Waals surface area contributed by atoms with Crippen LogP contribution in [0.4, 0.5) is 0 Å². The quantitative estimate of drug-likeness (QED) is 0.648. The highest BCUT2D eigenvalue weighted by Crippen LogP contribution is 2.16. The summed E-state index contributed by atoms with van der Waals surface area (Å²) in [5.74, 6) is 0. The Morgan fingerprint density at radius 3 is 3.00 bits per heavy atom. The van der Waals surface area contributed by atoms with Crippen molar-refractivity contribution < 1.29 is 8.42 Å². The molecule has 0 amide bonds. The molecule has 76 valence electrons. The van der Waals surface area contributed by atoms with Crippen LogP contribution >= 0.6 is 0 Å². The van der Waals surface area contributed by atoms with Gasteiger partial charge in [0.05, 0.1) is 0 Å². The van der Waals surface area contributed by atoms with Crippen LogP contribution in [0.5, 0.6) is 0 Å². The van der Waals surface area contributed by atoms with Crippen molar-refractivity contribution in [2.75, 3.05) is 0 Å². The van der Waals surface area contributed by atoms with Gasteiger partial charge in [0.2, 0.25) is 10.0 Å². The maximum Gasteiger partial charge on any atom is 0.225 e. The largest absolute Gasteiger partial charge is 0.296 e. The lowest BCUT2D eigenvalue weighted by atomic mass is 10.0. The summed E-state index contributed by atoms with van der Waals surface area (Å²) in [7, 11) is -3.50. The second kappa shape index (κ2) is 3.30. The van der Waals surface area contributed by atoms with Gasteiger partial charge in [-0.2, -0.15) is 0 Å². The molecule has 0 spiro atoms. The summed E-state index contributed by atoms with van der Waals surface area (Å²) in [6.07, 6.45) is 3.81. The lowest BCUT2D eigenvalue weighted by molar-refractivity contribution is 0.529. The number of nitrogens with two attached hydrogens (primary N) is 1. The first-order valence-electron chi connectivity index (χ1n) is 4.24. The molecule has 1 unspecified atom stereocenters. The van der Waals surface area contributed by atoms with Gasteiger partial charge in [0, 0.05) is 25.4 Å². The molecule has 0 radical (unpaired) electrons. The molecule has 0 aromatic carbocycles. The van der Waals surface area contributed by atoms with Gasteiger partial charge in [-0.1, -0.05) is 0 Å². The average Bonchev–Trinajstić information content (AvgIpc) is 2.16. The van der Waals surface area contributed by atoms with Gasteiger partial charge in [-0.15, -0.1) is 0 Å². The van der Waals surface area contributed by atoms with Crippen LogP contribution in [-0.4, -0.2) is 18.8 Å². The number of primary sulfonamides is 1. The highest BCUT2D eigenvalue weighted by Gasteiger charge is 2.26. The topological polar surface area (TPSA) is 85.1 Å². The van der Waals surface area contributed by atoms with Gasteiger partial charge >= 0.3 is 0 Å². The van der Waals surface area contributed by atoms with E-state index in [1.807, 2.05) is 6.07 Å². The minimum absolute atomic E-state index is 0.413. The van der Waals surface area contributed by atoms with Gasteiger partial charge in [-0.3, -0.25) is 10.3 Å². The highest BCUT2D eigenvalue weighted by atomic mass is 32.2. The average molecular weight is 213 g/mol. The van der Waals surface area contributed by atoms with E-state index in [2.05, 4.69) is 10.3 Å². The summed E-state index contributed by atoms with van der Waals surface area (Å²) in [5, 5.41) is 7.25. The first kappa shape index (κ1) is 9.57. The summed E-state index contributed by atoms with van der Waals surface area (Å²) >= 11 is 0. The number of nitrogens with zero attached hydrogens (tertiary/aromatic N) is 1. The zero-order valence-electron chi connectivity index (χ0n) is 7.47. The van der Waals surface area contributed by atoms with Crippen LogP contribution < -0.4 is 10.5 Å². The Morgan fingerprint density at radius 1 is 1.50 bits per heavy atom. The lowest BCUT2D eigenvalue weighted by Gasteiger charge is -2.23. The number of nitrogens with one attached hydrogen (secondary N) is 1. The predicted molar refractivity (Wildman–Crippen MR) is 51.7 cm³/mol. The summed E-state index contributed by atoms with van der Waals surface area (Å²) < 4.78 is 22.2. The van der Waals surface area contributed by atoms with Gasteiger partial charge in [0.15, 0.2) is 0 Å². The first-order valence-corrected chi connectivity index (χ1v) is 5.85. The number of hydrogen-bond acceptors (Lipinski definition) is 4. The Balaban J connectivity index is 2.30. The fraction of sp³-hybridized carbons (Fsp3) is 0.375. The minimum Gasteiger partial charge on any atom is -0.296 e. The molecule has 6 heteroatoms. The molecule has 1 atom stereocenters.